The molecule has 0 bridgehead atoms. The van der Waals surface area contributed by atoms with Gasteiger partial charge in [0, 0.05) is 6.04 Å². The van der Waals surface area contributed by atoms with E-state index in [9.17, 15) is 0 Å². The molecule has 3 unspecified atom stereocenters. The normalized spacial score (nSPS) is 32.0. The van der Waals surface area contributed by atoms with Crippen molar-refractivity contribution in [2.24, 2.45) is 17.6 Å². The zero-order valence-corrected chi connectivity index (χ0v) is 11.5. The Morgan fingerprint density at radius 2 is 2.06 bits per heavy atom. The second-order valence-electron chi connectivity index (χ2n) is 6.09. The van der Waals surface area contributed by atoms with Gasteiger partial charge in [-0.15, -0.1) is 0 Å². The second-order valence-corrected chi connectivity index (χ2v) is 6.09. The summed E-state index contributed by atoms with van der Waals surface area (Å²) in [5.41, 5.74) is 8.16. The molecule has 0 aromatic heterocycles. The fourth-order valence-electron chi connectivity index (χ4n) is 3.85. The third-order valence-electron chi connectivity index (χ3n) is 4.93. The van der Waals surface area contributed by atoms with Gasteiger partial charge in [0.25, 0.3) is 0 Å². The molecule has 0 spiro atoms. The van der Waals surface area contributed by atoms with Crippen molar-refractivity contribution in [2.45, 2.75) is 77.2 Å². The van der Waals surface area contributed by atoms with E-state index in [1.54, 1.807) is 5.57 Å². The van der Waals surface area contributed by atoms with Crippen molar-refractivity contribution >= 4 is 0 Å². The Morgan fingerprint density at radius 3 is 2.76 bits per heavy atom. The Balaban J connectivity index is 1.88. The first-order valence-electron chi connectivity index (χ1n) is 7.74. The summed E-state index contributed by atoms with van der Waals surface area (Å²) in [5.74, 6) is 1.71. The highest BCUT2D eigenvalue weighted by molar-refractivity contribution is 5.07. The van der Waals surface area contributed by atoms with Crippen LogP contribution in [0.15, 0.2) is 11.6 Å². The number of hydrogen-bond acceptors (Lipinski definition) is 1. The number of hydrogen-bond donors (Lipinski definition) is 1. The van der Waals surface area contributed by atoms with Crippen molar-refractivity contribution in [3.05, 3.63) is 11.6 Å². The van der Waals surface area contributed by atoms with Crippen LogP contribution in [-0.4, -0.2) is 6.04 Å². The van der Waals surface area contributed by atoms with Gasteiger partial charge in [0.1, 0.15) is 0 Å². The molecule has 0 aliphatic heterocycles. The lowest BCUT2D eigenvalue weighted by Crippen LogP contribution is -2.37. The summed E-state index contributed by atoms with van der Waals surface area (Å²) >= 11 is 0. The van der Waals surface area contributed by atoms with Gasteiger partial charge in [0.05, 0.1) is 0 Å². The fraction of sp³-hybridized carbons (Fsp3) is 0.875. The highest BCUT2D eigenvalue weighted by Gasteiger charge is 2.29. The molecule has 2 rings (SSSR count). The highest BCUT2D eigenvalue weighted by Crippen LogP contribution is 2.36. The molecule has 1 nitrogen and oxygen atoms in total. The molecular weight excluding hydrogens is 206 g/mol. The SMILES string of the molecule is CCC1CCCCC1C(N)CC1=CCCCC1. The average Bonchev–Trinajstić information content (AvgIpc) is 2.40. The smallest absolute Gasteiger partial charge is 0.0107 e. The van der Waals surface area contributed by atoms with Gasteiger partial charge in [-0.2, -0.15) is 0 Å². The summed E-state index contributed by atoms with van der Waals surface area (Å²) in [6, 6.07) is 0.435. The molecule has 0 saturated heterocycles. The van der Waals surface area contributed by atoms with E-state index in [1.165, 1.54) is 64.2 Å². The van der Waals surface area contributed by atoms with E-state index < -0.39 is 0 Å². The van der Waals surface area contributed by atoms with Crippen LogP contribution in [0.3, 0.4) is 0 Å². The monoisotopic (exact) mass is 235 g/mol. The second kappa shape index (κ2) is 6.58. The topological polar surface area (TPSA) is 26.0 Å². The third kappa shape index (κ3) is 3.58. The molecule has 3 atom stereocenters. The summed E-state index contributed by atoms with van der Waals surface area (Å²) < 4.78 is 0. The minimum absolute atomic E-state index is 0.435. The predicted octanol–water partition coefficient (Wildman–Crippen LogP) is 4.42. The van der Waals surface area contributed by atoms with Gasteiger partial charge in [0.2, 0.25) is 0 Å². The molecule has 2 aliphatic carbocycles. The van der Waals surface area contributed by atoms with E-state index in [0.717, 1.165) is 11.8 Å². The maximum atomic E-state index is 6.50. The molecule has 0 heterocycles. The van der Waals surface area contributed by atoms with Gasteiger partial charge in [-0.25, -0.2) is 0 Å². The molecule has 0 aromatic carbocycles. The molecule has 2 aliphatic rings. The number of nitrogens with two attached hydrogens (primary N) is 1. The van der Waals surface area contributed by atoms with Crippen LogP contribution in [-0.2, 0) is 0 Å². The Morgan fingerprint density at radius 1 is 1.24 bits per heavy atom. The molecule has 0 radical (unpaired) electrons. The number of rotatable bonds is 4. The van der Waals surface area contributed by atoms with E-state index in [0.29, 0.717) is 6.04 Å². The van der Waals surface area contributed by atoms with Crippen molar-refractivity contribution in [3.63, 3.8) is 0 Å². The predicted molar refractivity (Wildman–Crippen MR) is 74.9 cm³/mol. The van der Waals surface area contributed by atoms with Gasteiger partial charge in [-0.1, -0.05) is 44.3 Å². The summed E-state index contributed by atoms with van der Waals surface area (Å²) in [5, 5.41) is 0. The fourth-order valence-corrected chi connectivity index (χ4v) is 3.85. The van der Waals surface area contributed by atoms with Gasteiger partial charge < -0.3 is 5.73 Å². The van der Waals surface area contributed by atoms with Gasteiger partial charge in [-0.05, 0) is 50.4 Å². The summed E-state index contributed by atoms with van der Waals surface area (Å²) in [6.45, 7) is 2.34. The van der Waals surface area contributed by atoms with Gasteiger partial charge in [-0.3, -0.25) is 0 Å². The van der Waals surface area contributed by atoms with Crippen LogP contribution in [0.5, 0.6) is 0 Å². The van der Waals surface area contributed by atoms with Crippen LogP contribution in [0.25, 0.3) is 0 Å². The maximum Gasteiger partial charge on any atom is 0.0107 e. The van der Waals surface area contributed by atoms with Crippen LogP contribution < -0.4 is 5.73 Å². The highest BCUT2D eigenvalue weighted by atomic mass is 14.7. The molecule has 0 amide bonds. The van der Waals surface area contributed by atoms with Crippen molar-refractivity contribution in [1.82, 2.24) is 0 Å². The van der Waals surface area contributed by atoms with E-state index in [1.807, 2.05) is 0 Å². The standard InChI is InChI=1S/C16H29N/c1-2-14-10-6-7-11-15(14)16(17)12-13-8-4-3-5-9-13/h8,14-16H,2-7,9-12,17H2,1H3. The summed E-state index contributed by atoms with van der Waals surface area (Å²) in [6.07, 6.45) is 16.0. The van der Waals surface area contributed by atoms with Crippen LogP contribution in [0.2, 0.25) is 0 Å². The average molecular weight is 235 g/mol. The summed E-state index contributed by atoms with van der Waals surface area (Å²) in [4.78, 5) is 0. The van der Waals surface area contributed by atoms with E-state index >= 15 is 0 Å². The molecule has 98 valence electrons. The lowest BCUT2D eigenvalue weighted by molar-refractivity contribution is 0.194. The van der Waals surface area contributed by atoms with Gasteiger partial charge in [0.15, 0.2) is 0 Å². The number of allylic oxidation sites excluding steroid dienone is 1. The van der Waals surface area contributed by atoms with Crippen molar-refractivity contribution < 1.29 is 0 Å². The van der Waals surface area contributed by atoms with Crippen molar-refractivity contribution in [1.29, 1.82) is 0 Å². The molecule has 1 fully saturated rings. The lowest BCUT2D eigenvalue weighted by atomic mass is 9.72. The molecule has 0 aromatic rings. The maximum absolute atomic E-state index is 6.50. The minimum Gasteiger partial charge on any atom is -0.327 e. The van der Waals surface area contributed by atoms with Crippen molar-refractivity contribution in [2.75, 3.05) is 0 Å². The minimum atomic E-state index is 0.435. The Bertz CT molecular complexity index is 256. The van der Waals surface area contributed by atoms with E-state index in [4.69, 9.17) is 5.73 Å². The molecule has 1 saturated carbocycles. The van der Waals surface area contributed by atoms with E-state index in [2.05, 4.69) is 13.0 Å². The molecule has 17 heavy (non-hydrogen) atoms. The first kappa shape index (κ1) is 13.1. The zero-order chi connectivity index (χ0) is 12.1. The quantitative estimate of drug-likeness (QED) is 0.717. The molecule has 1 heteroatoms. The zero-order valence-electron chi connectivity index (χ0n) is 11.5. The molecule has 2 N–H and O–H groups in total. The van der Waals surface area contributed by atoms with Crippen LogP contribution >= 0.6 is 0 Å². The largest absolute Gasteiger partial charge is 0.327 e. The van der Waals surface area contributed by atoms with Crippen LogP contribution in [0.1, 0.15) is 71.1 Å². The van der Waals surface area contributed by atoms with Crippen LogP contribution in [0.4, 0.5) is 0 Å². The summed E-state index contributed by atoms with van der Waals surface area (Å²) in [7, 11) is 0. The Hall–Kier alpha value is -0.300. The Kier molecular flexibility index (Phi) is 5.09. The van der Waals surface area contributed by atoms with Gasteiger partial charge >= 0.3 is 0 Å². The Labute approximate surface area is 107 Å². The first-order chi connectivity index (χ1) is 8.31. The molecular formula is C16H29N. The van der Waals surface area contributed by atoms with Crippen LogP contribution in [0, 0.1) is 11.8 Å². The lowest BCUT2D eigenvalue weighted by Gasteiger charge is -2.35. The first-order valence-corrected chi connectivity index (χ1v) is 7.74. The van der Waals surface area contributed by atoms with E-state index in [-0.39, 0.29) is 0 Å². The third-order valence-corrected chi connectivity index (χ3v) is 4.93. The van der Waals surface area contributed by atoms with Crippen molar-refractivity contribution in [3.8, 4) is 0 Å².